The third-order valence-corrected chi connectivity index (χ3v) is 8.22. The SMILES string of the molecule is Cc1ccc(-c2c(-c3ccc4c(c3)CCN(C(=O)OCc3ccccc3)C4)c(C)nc(C)c2[C@H](OC(C)(C)C)C(=O)OC(C)C)cc1. The summed E-state index contributed by atoms with van der Waals surface area (Å²) in [4.78, 5) is 33.4. The van der Waals surface area contributed by atoms with Crippen LogP contribution in [0.2, 0.25) is 0 Å². The molecule has 47 heavy (non-hydrogen) atoms. The minimum Gasteiger partial charge on any atom is -0.461 e. The highest BCUT2D eigenvalue weighted by molar-refractivity contribution is 5.91. The molecule has 3 aromatic carbocycles. The first kappa shape index (κ1) is 33.9. The number of aromatic nitrogens is 1. The Morgan fingerprint density at radius 1 is 0.851 bits per heavy atom. The number of aryl methyl sites for hydroxylation is 3. The second kappa shape index (κ2) is 14.1. The number of hydrogen-bond donors (Lipinski definition) is 0. The molecule has 1 aromatic heterocycles. The number of pyridine rings is 1. The molecule has 0 bridgehead atoms. The lowest BCUT2D eigenvalue weighted by Crippen LogP contribution is -2.36. The number of esters is 1. The highest BCUT2D eigenvalue weighted by Crippen LogP contribution is 2.43. The van der Waals surface area contributed by atoms with Crippen molar-refractivity contribution in [2.45, 2.75) is 92.8 Å². The molecule has 0 N–H and O–H groups in total. The smallest absolute Gasteiger partial charge is 0.410 e. The lowest BCUT2D eigenvalue weighted by molar-refractivity contribution is -0.171. The van der Waals surface area contributed by atoms with Crippen molar-refractivity contribution >= 4 is 12.1 Å². The summed E-state index contributed by atoms with van der Waals surface area (Å²) >= 11 is 0. The van der Waals surface area contributed by atoms with Crippen LogP contribution in [0.15, 0.2) is 72.8 Å². The van der Waals surface area contributed by atoms with Crippen LogP contribution in [0.5, 0.6) is 0 Å². The van der Waals surface area contributed by atoms with Gasteiger partial charge >= 0.3 is 12.1 Å². The molecule has 0 fully saturated rings. The van der Waals surface area contributed by atoms with Crippen molar-refractivity contribution in [3.8, 4) is 22.3 Å². The molecule has 5 rings (SSSR count). The molecule has 0 saturated heterocycles. The number of hydrogen-bond acceptors (Lipinski definition) is 6. The van der Waals surface area contributed by atoms with Crippen molar-refractivity contribution in [2.24, 2.45) is 0 Å². The predicted molar refractivity (Wildman–Crippen MR) is 185 cm³/mol. The zero-order valence-corrected chi connectivity index (χ0v) is 28.8. The Morgan fingerprint density at radius 3 is 2.19 bits per heavy atom. The Balaban J connectivity index is 1.56. The van der Waals surface area contributed by atoms with Crippen LogP contribution in [0.3, 0.4) is 0 Å². The van der Waals surface area contributed by atoms with Gasteiger partial charge in [-0.25, -0.2) is 9.59 Å². The molecule has 1 amide bonds. The summed E-state index contributed by atoms with van der Waals surface area (Å²) in [5, 5.41) is 0. The molecule has 0 spiro atoms. The van der Waals surface area contributed by atoms with E-state index in [0.717, 1.165) is 50.3 Å². The molecular weight excluding hydrogens is 588 g/mol. The van der Waals surface area contributed by atoms with E-state index in [2.05, 4.69) is 49.4 Å². The molecule has 2 heterocycles. The summed E-state index contributed by atoms with van der Waals surface area (Å²) in [6.07, 6.45) is -0.892. The van der Waals surface area contributed by atoms with Gasteiger partial charge in [0.15, 0.2) is 6.10 Å². The van der Waals surface area contributed by atoms with Gasteiger partial charge in [-0.2, -0.15) is 0 Å². The van der Waals surface area contributed by atoms with Gasteiger partial charge in [-0.15, -0.1) is 0 Å². The molecule has 246 valence electrons. The molecule has 4 aromatic rings. The van der Waals surface area contributed by atoms with Gasteiger partial charge in [0, 0.05) is 35.6 Å². The molecule has 1 aliphatic rings. The number of carbonyl (C=O) groups is 2. The van der Waals surface area contributed by atoms with Crippen molar-refractivity contribution in [1.82, 2.24) is 9.88 Å². The van der Waals surface area contributed by atoms with E-state index >= 15 is 0 Å². The zero-order chi connectivity index (χ0) is 33.9. The van der Waals surface area contributed by atoms with Crippen LogP contribution in [0.4, 0.5) is 4.79 Å². The highest BCUT2D eigenvalue weighted by atomic mass is 16.6. The monoisotopic (exact) mass is 634 g/mol. The maximum Gasteiger partial charge on any atom is 0.410 e. The molecular formula is C40H46N2O5. The van der Waals surface area contributed by atoms with Gasteiger partial charge in [0.1, 0.15) is 6.61 Å². The third kappa shape index (κ3) is 8.09. The van der Waals surface area contributed by atoms with Crippen LogP contribution in [0, 0.1) is 20.8 Å². The van der Waals surface area contributed by atoms with Crippen LogP contribution in [-0.4, -0.2) is 40.2 Å². The third-order valence-electron chi connectivity index (χ3n) is 8.22. The average molecular weight is 635 g/mol. The summed E-state index contributed by atoms with van der Waals surface area (Å²) in [6.45, 7) is 16.8. The van der Waals surface area contributed by atoms with Crippen molar-refractivity contribution in [3.63, 3.8) is 0 Å². The molecule has 1 aliphatic heterocycles. The Kier molecular flexibility index (Phi) is 10.2. The molecule has 0 radical (unpaired) electrons. The Labute approximate surface area is 278 Å². The van der Waals surface area contributed by atoms with E-state index in [1.807, 2.05) is 78.8 Å². The molecule has 1 atom stereocenters. The molecule has 0 unspecified atom stereocenters. The number of fused-ring (bicyclic) bond motifs is 1. The number of nitrogens with zero attached hydrogens (tertiary/aromatic N) is 2. The second-order valence-electron chi connectivity index (χ2n) is 13.6. The van der Waals surface area contributed by atoms with Crippen LogP contribution < -0.4 is 0 Å². The van der Waals surface area contributed by atoms with Crippen molar-refractivity contribution < 1.29 is 23.8 Å². The molecule has 0 saturated carbocycles. The molecule has 7 heteroatoms. The van der Waals surface area contributed by atoms with E-state index in [1.54, 1.807) is 4.90 Å². The normalized spacial score (nSPS) is 13.7. The summed E-state index contributed by atoms with van der Waals surface area (Å²) in [6, 6.07) is 24.4. The first-order valence-electron chi connectivity index (χ1n) is 16.3. The van der Waals surface area contributed by atoms with Crippen LogP contribution in [0.1, 0.15) is 79.9 Å². The first-order valence-corrected chi connectivity index (χ1v) is 16.3. The highest BCUT2D eigenvalue weighted by Gasteiger charge is 2.35. The van der Waals surface area contributed by atoms with Gasteiger partial charge in [-0.05, 0) is 95.2 Å². The summed E-state index contributed by atoms with van der Waals surface area (Å²) in [5.41, 5.74) is 9.85. The van der Waals surface area contributed by atoms with Gasteiger partial charge < -0.3 is 19.1 Å². The standard InChI is InChI=1S/C40H46N2O5/c1-25(2)46-38(43)37(47-40(6,7)8)35-28(5)41-27(4)34(36(35)30-16-14-26(3)15-17-30)32-18-19-33-23-42(21-20-31(33)22-32)39(44)45-24-29-12-10-9-11-13-29/h9-19,22,25,37H,20-21,23-24H2,1-8H3/t37-/m0/s1. The average Bonchev–Trinajstić information content (AvgIpc) is 3.02. The topological polar surface area (TPSA) is 78.0 Å². The van der Waals surface area contributed by atoms with E-state index in [1.165, 1.54) is 5.56 Å². The van der Waals surface area contributed by atoms with E-state index in [4.69, 9.17) is 19.2 Å². The fourth-order valence-electron chi connectivity index (χ4n) is 6.11. The molecule has 0 aliphatic carbocycles. The minimum absolute atomic E-state index is 0.246. The van der Waals surface area contributed by atoms with E-state index < -0.39 is 17.7 Å². The number of benzene rings is 3. The quantitative estimate of drug-likeness (QED) is 0.180. The molecule has 7 nitrogen and oxygen atoms in total. The summed E-state index contributed by atoms with van der Waals surface area (Å²) in [5.74, 6) is -0.437. The number of amides is 1. The van der Waals surface area contributed by atoms with Crippen molar-refractivity contribution in [1.29, 1.82) is 0 Å². The van der Waals surface area contributed by atoms with E-state index in [0.29, 0.717) is 25.1 Å². The lowest BCUT2D eigenvalue weighted by Gasteiger charge is -2.31. The van der Waals surface area contributed by atoms with Gasteiger partial charge in [0.05, 0.1) is 11.7 Å². The number of rotatable bonds is 8. The fourth-order valence-corrected chi connectivity index (χ4v) is 6.11. The van der Waals surface area contributed by atoms with Gasteiger partial charge in [-0.1, -0.05) is 78.4 Å². The van der Waals surface area contributed by atoms with Gasteiger partial charge in [-0.3, -0.25) is 4.98 Å². The predicted octanol–water partition coefficient (Wildman–Crippen LogP) is 8.84. The summed E-state index contributed by atoms with van der Waals surface area (Å²) in [7, 11) is 0. The minimum atomic E-state index is -0.978. The van der Waals surface area contributed by atoms with Crippen LogP contribution in [-0.2, 0) is 38.6 Å². The van der Waals surface area contributed by atoms with E-state index in [9.17, 15) is 9.59 Å². The van der Waals surface area contributed by atoms with Crippen molar-refractivity contribution in [2.75, 3.05) is 6.54 Å². The zero-order valence-electron chi connectivity index (χ0n) is 28.8. The van der Waals surface area contributed by atoms with Gasteiger partial charge in [0.2, 0.25) is 0 Å². The number of carbonyl (C=O) groups excluding carboxylic acids is 2. The number of ether oxygens (including phenoxy) is 3. The lowest BCUT2D eigenvalue weighted by atomic mass is 9.85. The van der Waals surface area contributed by atoms with Gasteiger partial charge in [0.25, 0.3) is 0 Å². The summed E-state index contributed by atoms with van der Waals surface area (Å²) < 4.78 is 17.9. The largest absolute Gasteiger partial charge is 0.461 e. The maximum absolute atomic E-state index is 13.7. The Morgan fingerprint density at radius 2 is 1.53 bits per heavy atom. The Hall–Kier alpha value is -4.49. The fraction of sp³-hybridized carbons (Fsp3) is 0.375. The second-order valence-corrected chi connectivity index (χ2v) is 13.6. The van der Waals surface area contributed by atoms with Crippen LogP contribution in [0.25, 0.3) is 22.3 Å². The van der Waals surface area contributed by atoms with E-state index in [-0.39, 0.29) is 18.8 Å². The Bertz CT molecular complexity index is 1740. The first-order chi connectivity index (χ1) is 22.3. The maximum atomic E-state index is 13.7. The van der Waals surface area contributed by atoms with Crippen LogP contribution >= 0.6 is 0 Å². The van der Waals surface area contributed by atoms with Crippen molar-refractivity contribution in [3.05, 3.63) is 112 Å².